The molecule has 0 saturated carbocycles. The molecule has 1 aromatic heterocycles. The van der Waals surface area contributed by atoms with Crippen LogP contribution in [0.1, 0.15) is 34.3 Å². The summed E-state index contributed by atoms with van der Waals surface area (Å²) in [6.07, 6.45) is 11.0. The van der Waals surface area contributed by atoms with Gasteiger partial charge in [-0.1, -0.05) is 152 Å². The van der Waals surface area contributed by atoms with E-state index in [2.05, 4.69) is 151 Å². The Kier molecular flexibility index (Phi) is 6.31. The third-order valence-electron chi connectivity index (χ3n) is 9.29. The van der Waals surface area contributed by atoms with Gasteiger partial charge in [0.2, 0.25) is 0 Å². The quantitative estimate of drug-likeness (QED) is 0.208. The van der Waals surface area contributed by atoms with Gasteiger partial charge in [0.05, 0.1) is 11.2 Å². The fourth-order valence-electron chi connectivity index (χ4n) is 7.13. The third kappa shape index (κ3) is 4.41. The maximum absolute atomic E-state index is 5.46. The van der Waals surface area contributed by atoms with E-state index in [1.54, 1.807) is 0 Å². The standard InChI is InChI=1S/C42H30N4/c1-4-15-28(16-5-1)38-36-26-35(42-45-40(29-17-6-2-7-18-29)44-41(46-42)30-19-8-3-9-20-30)32-22-12-13-23-33(32)37(36)34-25-24-27-14-10-11-21-31(27)39(34)43-38/h1-26,32-33,40H,(H,44,45,46). The van der Waals surface area contributed by atoms with E-state index in [9.17, 15) is 0 Å². The van der Waals surface area contributed by atoms with Gasteiger partial charge >= 0.3 is 0 Å². The number of nitrogens with zero attached hydrogens (tertiary/aromatic N) is 3. The number of fused-ring (bicyclic) bond motifs is 7. The van der Waals surface area contributed by atoms with Crippen molar-refractivity contribution in [2.24, 2.45) is 15.9 Å². The molecular formula is C42H30N4. The first-order valence-corrected chi connectivity index (χ1v) is 15.8. The molecule has 2 aliphatic carbocycles. The molecule has 0 radical (unpaired) electrons. The zero-order valence-electron chi connectivity index (χ0n) is 25.1. The Bertz CT molecular complexity index is 2280. The predicted octanol–water partition coefficient (Wildman–Crippen LogP) is 9.43. The molecule has 46 heavy (non-hydrogen) atoms. The molecule has 4 nitrogen and oxygen atoms in total. The van der Waals surface area contributed by atoms with Crippen molar-refractivity contribution in [3.63, 3.8) is 0 Å². The number of nitrogens with one attached hydrogen (secondary N) is 1. The monoisotopic (exact) mass is 590 g/mol. The Labute approximate surface area is 267 Å². The highest BCUT2D eigenvalue weighted by Gasteiger charge is 2.36. The lowest BCUT2D eigenvalue weighted by molar-refractivity contribution is 0.669. The molecule has 0 bridgehead atoms. The molecule has 2 heterocycles. The lowest BCUT2D eigenvalue weighted by Crippen LogP contribution is -2.39. The lowest BCUT2D eigenvalue weighted by Gasteiger charge is -2.36. The zero-order chi connectivity index (χ0) is 30.5. The number of allylic oxidation sites excluding steroid dienone is 4. The van der Waals surface area contributed by atoms with E-state index >= 15 is 0 Å². The molecule has 1 aliphatic heterocycles. The van der Waals surface area contributed by atoms with Gasteiger partial charge in [0.15, 0.2) is 6.17 Å². The van der Waals surface area contributed by atoms with E-state index in [0.29, 0.717) is 0 Å². The normalized spacial score (nSPS) is 19.9. The van der Waals surface area contributed by atoms with Crippen LogP contribution in [0.15, 0.2) is 167 Å². The van der Waals surface area contributed by atoms with Crippen molar-refractivity contribution in [3.05, 3.63) is 180 Å². The van der Waals surface area contributed by atoms with Crippen molar-refractivity contribution in [1.29, 1.82) is 0 Å². The van der Waals surface area contributed by atoms with Gasteiger partial charge in [-0.05, 0) is 22.6 Å². The van der Waals surface area contributed by atoms with Crippen LogP contribution < -0.4 is 5.32 Å². The van der Waals surface area contributed by atoms with Crippen LogP contribution in [-0.4, -0.2) is 16.7 Å². The van der Waals surface area contributed by atoms with Gasteiger partial charge in [0.25, 0.3) is 0 Å². The average molecular weight is 591 g/mol. The van der Waals surface area contributed by atoms with Gasteiger partial charge in [-0.2, -0.15) is 0 Å². The molecule has 0 spiro atoms. The smallest absolute Gasteiger partial charge is 0.169 e. The number of benzene rings is 5. The molecule has 0 fully saturated rings. The van der Waals surface area contributed by atoms with Gasteiger partial charge in [0, 0.05) is 44.9 Å². The topological polar surface area (TPSA) is 49.6 Å². The van der Waals surface area contributed by atoms with E-state index in [0.717, 1.165) is 50.7 Å². The van der Waals surface area contributed by atoms with E-state index < -0.39 is 0 Å². The molecule has 1 N–H and O–H groups in total. The van der Waals surface area contributed by atoms with Crippen LogP contribution in [0.25, 0.3) is 39.0 Å². The summed E-state index contributed by atoms with van der Waals surface area (Å²) in [5.74, 6) is 1.88. The van der Waals surface area contributed by atoms with Crippen LogP contribution in [0.4, 0.5) is 0 Å². The molecule has 218 valence electrons. The van der Waals surface area contributed by atoms with Gasteiger partial charge in [-0.25, -0.2) is 15.0 Å². The van der Waals surface area contributed by atoms with Gasteiger partial charge < -0.3 is 5.32 Å². The Hall–Kier alpha value is -5.87. The number of rotatable bonds is 4. The van der Waals surface area contributed by atoms with E-state index in [1.807, 2.05) is 12.1 Å². The van der Waals surface area contributed by atoms with E-state index in [-0.39, 0.29) is 18.0 Å². The van der Waals surface area contributed by atoms with Crippen molar-refractivity contribution in [3.8, 4) is 11.3 Å². The van der Waals surface area contributed by atoms with Crippen LogP contribution in [-0.2, 0) is 0 Å². The highest BCUT2D eigenvalue weighted by atomic mass is 15.2. The number of hydrogen-bond acceptors (Lipinski definition) is 4. The number of hydrogen-bond donors (Lipinski definition) is 1. The summed E-state index contributed by atoms with van der Waals surface area (Å²) in [6.45, 7) is 0. The first kappa shape index (κ1) is 26.5. The largest absolute Gasteiger partial charge is 0.325 e. The summed E-state index contributed by atoms with van der Waals surface area (Å²) in [5, 5.41) is 7.25. The minimum absolute atomic E-state index is 0.0935. The minimum atomic E-state index is -0.355. The maximum Gasteiger partial charge on any atom is 0.169 e. The van der Waals surface area contributed by atoms with Crippen molar-refractivity contribution < 1.29 is 0 Å². The molecule has 0 saturated heterocycles. The average Bonchev–Trinajstić information content (AvgIpc) is 3.14. The van der Waals surface area contributed by atoms with Crippen LogP contribution >= 0.6 is 0 Å². The summed E-state index contributed by atoms with van der Waals surface area (Å²) >= 11 is 0. The first-order chi connectivity index (χ1) is 22.8. The molecule has 0 amide bonds. The number of aliphatic imine (C=N–C) groups is 2. The molecule has 3 aliphatic rings. The Morgan fingerprint density at radius 1 is 0.543 bits per heavy atom. The summed E-state index contributed by atoms with van der Waals surface area (Å²) in [4.78, 5) is 15.8. The Morgan fingerprint density at radius 2 is 1.20 bits per heavy atom. The molecule has 9 rings (SSSR count). The predicted molar refractivity (Wildman–Crippen MR) is 190 cm³/mol. The molecule has 3 atom stereocenters. The van der Waals surface area contributed by atoms with Crippen LogP contribution in [0.3, 0.4) is 0 Å². The van der Waals surface area contributed by atoms with Crippen molar-refractivity contribution in [1.82, 2.24) is 10.3 Å². The van der Waals surface area contributed by atoms with Gasteiger partial charge in [-0.15, -0.1) is 0 Å². The number of amidine groups is 2. The van der Waals surface area contributed by atoms with E-state index in [1.165, 1.54) is 21.7 Å². The van der Waals surface area contributed by atoms with Gasteiger partial charge in [0.1, 0.15) is 11.7 Å². The fraction of sp³-hybridized carbons (Fsp3) is 0.0714. The summed E-state index contributed by atoms with van der Waals surface area (Å²) < 4.78 is 0. The molecule has 4 heteroatoms. The summed E-state index contributed by atoms with van der Waals surface area (Å²) in [6, 6.07) is 44.3. The Balaban J connectivity index is 1.31. The van der Waals surface area contributed by atoms with Gasteiger partial charge in [-0.3, -0.25) is 0 Å². The second-order valence-corrected chi connectivity index (χ2v) is 12.0. The maximum atomic E-state index is 5.46. The molecule has 3 unspecified atom stereocenters. The van der Waals surface area contributed by atoms with Crippen molar-refractivity contribution in [2.45, 2.75) is 12.1 Å². The van der Waals surface area contributed by atoms with Crippen LogP contribution in [0.2, 0.25) is 0 Å². The Morgan fingerprint density at radius 3 is 1.98 bits per heavy atom. The highest BCUT2D eigenvalue weighted by Crippen LogP contribution is 2.48. The fourth-order valence-corrected chi connectivity index (χ4v) is 7.13. The lowest BCUT2D eigenvalue weighted by atomic mass is 9.70. The number of pyridine rings is 1. The zero-order valence-corrected chi connectivity index (χ0v) is 25.1. The van der Waals surface area contributed by atoms with Crippen molar-refractivity contribution in [2.75, 3.05) is 0 Å². The van der Waals surface area contributed by atoms with Crippen LogP contribution in [0.5, 0.6) is 0 Å². The second kappa shape index (κ2) is 10.9. The SMILES string of the molecule is C1=CC2C(C3=NC(c4ccccc4)N=C(c4ccccc4)N3)=Cc3c(-c4ccccc4)nc4c(ccc5ccccc54)c3C2C=C1. The molecule has 5 aromatic carbocycles. The van der Waals surface area contributed by atoms with Crippen LogP contribution in [0, 0.1) is 5.92 Å². The summed E-state index contributed by atoms with van der Waals surface area (Å²) in [7, 11) is 0. The molecule has 6 aromatic rings. The van der Waals surface area contributed by atoms with E-state index in [4.69, 9.17) is 15.0 Å². The second-order valence-electron chi connectivity index (χ2n) is 12.0. The van der Waals surface area contributed by atoms with Crippen molar-refractivity contribution >= 4 is 39.4 Å². The first-order valence-electron chi connectivity index (χ1n) is 15.8. The minimum Gasteiger partial charge on any atom is -0.325 e. The summed E-state index contributed by atoms with van der Waals surface area (Å²) in [5.41, 5.74) is 8.84. The third-order valence-corrected chi connectivity index (χ3v) is 9.29. The number of aromatic nitrogens is 1. The highest BCUT2D eigenvalue weighted by molar-refractivity contribution is 6.18. The molecular weight excluding hydrogens is 560 g/mol.